The molecule has 0 spiro atoms. The Morgan fingerprint density at radius 3 is 2.65 bits per heavy atom. The minimum absolute atomic E-state index is 0.219. The summed E-state index contributed by atoms with van der Waals surface area (Å²) in [7, 11) is 0. The Labute approximate surface area is 109 Å². The Hall–Kier alpha value is -0.730. The van der Waals surface area contributed by atoms with E-state index < -0.39 is 0 Å². The summed E-state index contributed by atoms with van der Waals surface area (Å²) < 4.78 is 0. The molecule has 0 amide bonds. The van der Waals surface area contributed by atoms with Crippen LogP contribution in [0.15, 0.2) is 18.2 Å². The van der Waals surface area contributed by atoms with Crippen LogP contribution in [-0.4, -0.2) is 23.1 Å². The zero-order valence-corrected chi connectivity index (χ0v) is 11.7. The molecule has 1 aromatic carbocycles. The van der Waals surface area contributed by atoms with Gasteiger partial charge in [0, 0.05) is 18.7 Å². The molecule has 17 heavy (non-hydrogen) atoms. The summed E-state index contributed by atoms with van der Waals surface area (Å²) in [5.41, 5.74) is 0.905. The number of halogens is 1. The van der Waals surface area contributed by atoms with Gasteiger partial charge in [-0.25, -0.2) is 0 Å². The largest absolute Gasteiger partial charge is 0.506 e. The van der Waals surface area contributed by atoms with Crippen molar-refractivity contribution in [2.75, 3.05) is 13.1 Å². The summed E-state index contributed by atoms with van der Waals surface area (Å²) in [6, 6.07) is 5.53. The van der Waals surface area contributed by atoms with Crippen molar-refractivity contribution in [3.05, 3.63) is 28.8 Å². The van der Waals surface area contributed by atoms with E-state index in [2.05, 4.69) is 25.7 Å². The number of nitrogens with zero attached hydrogens (tertiary/aromatic N) is 1. The zero-order valence-electron chi connectivity index (χ0n) is 10.9. The molecule has 0 radical (unpaired) electrons. The van der Waals surface area contributed by atoms with Crippen LogP contribution in [0.4, 0.5) is 0 Å². The van der Waals surface area contributed by atoms with E-state index in [1.807, 2.05) is 12.1 Å². The lowest BCUT2D eigenvalue weighted by Gasteiger charge is -2.24. The summed E-state index contributed by atoms with van der Waals surface area (Å²) in [5, 5.41) is 10.3. The highest BCUT2D eigenvalue weighted by Gasteiger charge is 2.11. The number of aromatic hydroxyl groups is 1. The van der Waals surface area contributed by atoms with Crippen LogP contribution in [0.2, 0.25) is 5.02 Å². The summed E-state index contributed by atoms with van der Waals surface area (Å²) >= 11 is 5.90. The molecule has 1 atom stereocenters. The maximum atomic E-state index is 9.87. The minimum Gasteiger partial charge on any atom is -0.506 e. The number of para-hydroxylation sites is 1. The highest BCUT2D eigenvalue weighted by Crippen LogP contribution is 2.28. The van der Waals surface area contributed by atoms with E-state index in [1.165, 1.54) is 6.42 Å². The fourth-order valence-electron chi connectivity index (χ4n) is 1.80. The molecule has 2 nitrogen and oxygen atoms in total. The second kappa shape index (κ2) is 6.87. The molecule has 0 fully saturated rings. The third-order valence-corrected chi connectivity index (χ3v) is 3.48. The van der Waals surface area contributed by atoms with Gasteiger partial charge in [-0.2, -0.15) is 0 Å². The topological polar surface area (TPSA) is 23.5 Å². The minimum atomic E-state index is 0.219. The fraction of sp³-hybridized carbons (Fsp3) is 0.571. The molecule has 96 valence electrons. The number of hydrogen-bond donors (Lipinski definition) is 1. The van der Waals surface area contributed by atoms with E-state index >= 15 is 0 Å². The molecular formula is C14H22ClNO. The first kappa shape index (κ1) is 14.3. The second-order valence-electron chi connectivity index (χ2n) is 4.59. The molecular weight excluding hydrogens is 234 g/mol. The predicted octanol–water partition coefficient (Wildman–Crippen LogP) is 3.91. The maximum Gasteiger partial charge on any atom is 0.138 e. The van der Waals surface area contributed by atoms with Crippen molar-refractivity contribution < 1.29 is 5.11 Å². The average Bonchev–Trinajstić information content (AvgIpc) is 2.33. The molecule has 0 saturated carbocycles. The Bertz CT molecular complexity index is 354. The molecule has 0 aliphatic rings. The summed E-state index contributed by atoms with van der Waals surface area (Å²) in [4.78, 5) is 2.33. The number of phenolic OH excluding ortho intramolecular Hbond substituents is 1. The standard InChI is InChI=1S/C14H22ClNO/c1-4-11(3)9-16(5-2)10-12-7-6-8-13(15)14(12)17/h6-8,11,17H,4-5,9-10H2,1-3H3. The first-order chi connectivity index (χ1) is 8.08. The molecule has 1 unspecified atom stereocenters. The molecule has 0 bridgehead atoms. The number of benzene rings is 1. The molecule has 0 aliphatic heterocycles. The van der Waals surface area contributed by atoms with Crippen LogP contribution >= 0.6 is 11.6 Å². The Morgan fingerprint density at radius 1 is 1.35 bits per heavy atom. The van der Waals surface area contributed by atoms with Gasteiger partial charge < -0.3 is 5.11 Å². The quantitative estimate of drug-likeness (QED) is 0.833. The van der Waals surface area contributed by atoms with Gasteiger partial charge in [-0.1, -0.05) is 50.9 Å². The Kier molecular flexibility index (Phi) is 5.79. The van der Waals surface area contributed by atoms with Gasteiger partial charge in [-0.3, -0.25) is 4.90 Å². The third kappa shape index (κ3) is 4.21. The van der Waals surface area contributed by atoms with Crippen LogP contribution in [-0.2, 0) is 6.54 Å². The van der Waals surface area contributed by atoms with E-state index in [-0.39, 0.29) is 5.75 Å². The summed E-state index contributed by atoms with van der Waals surface area (Å²) in [5.74, 6) is 0.896. The lowest BCUT2D eigenvalue weighted by Crippen LogP contribution is -2.27. The van der Waals surface area contributed by atoms with Gasteiger partial charge in [0.05, 0.1) is 5.02 Å². The molecule has 1 aromatic rings. The van der Waals surface area contributed by atoms with Crippen LogP contribution in [0.25, 0.3) is 0 Å². The van der Waals surface area contributed by atoms with Gasteiger partial charge in [-0.15, -0.1) is 0 Å². The predicted molar refractivity (Wildman–Crippen MR) is 73.5 cm³/mol. The van der Waals surface area contributed by atoms with Gasteiger partial charge in [0.15, 0.2) is 0 Å². The molecule has 0 heterocycles. The lowest BCUT2D eigenvalue weighted by molar-refractivity contribution is 0.235. The van der Waals surface area contributed by atoms with Crippen LogP contribution in [0.3, 0.4) is 0 Å². The lowest BCUT2D eigenvalue weighted by atomic mass is 10.1. The van der Waals surface area contributed by atoms with Gasteiger partial charge in [-0.05, 0) is 18.5 Å². The van der Waals surface area contributed by atoms with Gasteiger partial charge >= 0.3 is 0 Å². The SMILES string of the molecule is CCC(C)CN(CC)Cc1cccc(Cl)c1O. The van der Waals surface area contributed by atoms with Crippen molar-refractivity contribution in [3.8, 4) is 5.75 Å². The molecule has 0 saturated heterocycles. The smallest absolute Gasteiger partial charge is 0.138 e. The van der Waals surface area contributed by atoms with Crippen molar-refractivity contribution >= 4 is 11.6 Å². The normalized spacial score (nSPS) is 13.0. The van der Waals surface area contributed by atoms with Crippen molar-refractivity contribution in [3.63, 3.8) is 0 Å². The Balaban J connectivity index is 2.70. The molecule has 1 rings (SSSR count). The fourth-order valence-corrected chi connectivity index (χ4v) is 2.00. The highest BCUT2D eigenvalue weighted by molar-refractivity contribution is 6.32. The zero-order chi connectivity index (χ0) is 12.8. The van der Waals surface area contributed by atoms with Crippen LogP contribution in [0.1, 0.15) is 32.8 Å². The van der Waals surface area contributed by atoms with E-state index in [0.717, 1.165) is 25.2 Å². The van der Waals surface area contributed by atoms with Gasteiger partial charge in [0.2, 0.25) is 0 Å². The van der Waals surface area contributed by atoms with Crippen molar-refractivity contribution in [1.82, 2.24) is 4.90 Å². The molecule has 3 heteroatoms. The Morgan fingerprint density at radius 2 is 2.06 bits per heavy atom. The number of rotatable bonds is 6. The second-order valence-corrected chi connectivity index (χ2v) is 5.00. The van der Waals surface area contributed by atoms with Crippen molar-refractivity contribution in [2.24, 2.45) is 5.92 Å². The summed E-state index contributed by atoms with van der Waals surface area (Å²) in [6.45, 7) is 9.39. The van der Waals surface area contributed by atoms with Crippen LogP contribution < -0.4 is 0 Å². The summed E-state index contributed by atoms with van der Waals surface area (Å²) in [6.07, 6.45) is 1.18. The molecule has 0 aliphatic carbocycles. The monoisotopic (exact) mass is 255 g/mol. The van der Waals surface area contributed by atoms with Gasteiger partial charge in [0.25, 0.3) is 0 Å². The third-order valence-electron chi connectivity index (χ3n) is 3.18. The van der Waals surface area contributed by atoms with E-state index in [0.29, 0.717) is 10.9 Å². The molecule has 1 N–H and O–H groups in total. The number of hydrogen-bond acceptors (Lipinski definition) is 2. The van der Waals surface area contributed by atoms with Crippen molar-refractivity contribution in [1.29, 1.82) is 0 Å². The van der Waals surface area contributed by atoms with Crippen LogP contribution in [0.5, 0.6) is 5.75 Å². The maximum absolute atomic E-state index is 9.87. The first-order valence-corrected chi connectivity index (χ1v) is 6.64. The molecule has 0 aromatic heterocycles. The number of phenols is 1. The van der Waals surface area contributed by atoms with Crippen molar-refractivity contribution in [2.45, 2.75) is 33.7 Å². The van der Waals surface area contributed by atoms with E-state index in [4.69, 9.17) is 11.6 Å². The van der Waals surface area contributed by atoms with E-state index in [9.17, 15) is 5.11 Å². The van der Waals surface area contributed by atoms with E-state index in [1.54, 1.807) is 6.07 Å². The highest BCUT2D eigenvalue weighted by atomic mass is 35.5. The van der Waals surface area contributed by atoms with Gasteiger partial charge in [0.1, 0.15) is 5.75 Å². The first-order valence-electron chi connectivity index (χ1n) is 6.27. The average molecular weight is 256 g/mol. The van der Waals surface area contributed by atoms with Crippen LogP contribution in [0, 0.1) is 5.92 Å².